The van der Waals surface area contributed by atoms with Gasteiger partial charge in [-0.2, -0.15) is 0 Å². The number of aliphatic hydroxyl groups excluding tert-OH is 1. The smallest absolute Gasteiger partial charge is 0.301 e. The Morgan fingerprint density at radius 2 is 1.83 bits per heavy atom. The molecule has 1 amide bonds. The molecule has 3 heterocycles. The Kier molecular flexibility index (Phi) is 5.39. The minimum Gasteiger partial charge on any atom is -0.507 e. The maximum absolute atomic E-state index is 15.1. The number of halogens is 2. The predicted octanol–water partition coefficient (Wildman–Crippen LogP) is 5.49. The summed E-state index contributed by atoms with van der Waals surface area (Å²) < 4.78 is 26.9. The van der Waals surface area contributed by atoms with E-state index in [1.165, 1.54) is 24.3 Å². The zero-order chi connectivity index (χ0) is 25.0. The van der Waals surface area contributed by atoms with Crippen LogP contribution in [-0.2, 0) is 9.59 Å². The second kappa shape index (κ2) is 8.61. The Balaban J connectivity index is 1.55. The van der Waals surface area contributed by atoms with E-state index in [1.54, 1.807) is 36.4 Å². The van der Waals surface area contributed by atoms with E-state index in [1.807, 2.05) is 0 Å². The number of carbonyl (C=O) groups excluding carboxylic acids is 2. The fraction of sp³-hybridized carbons (Fsp3) is 0.115. The summed E-state index contributed by atoms with van der Waals surface area (Å²) in [5.41, 5.74) is 0.599. The Hall–Kier alpha value is -3.95. The molecule has 0 spiro atoms. The second-order valence-electron chi connectivity index (χ2n) is 8.16. The molecule has 6 rings (SSSR count). The van der Waals surface area contributed by atoms with Crippen molar-refractivity contribution in [3.8, 4) is 11.5 Å². The number of carbonyl (C=O) groups is 2. The third kappa shape index (κ3) is 3.59. The van der Waals surface area contributed by atoms with E-state index in [9.17, 15) is 14.7 Å². The third-order valence-corrected chi connectivity index (χ3v) is 7.26. The van der Waals surface area contributed by atoms with Gasteiger partial charge in [0.05, 0.1) is 15.8 Å². The van der Waals surface area contributed by atoms with E-state index in [2.05, 4.69) is 4.98 Å². The quantitative estimate of drug-likeness (QED) is 0.217. The lowest BCUT2D eigenvalue weighted by molar-refractivity contribution is -0.132. The van der Waals surface area contributed by atoms with Gasteiger partial charge in [0.15, 0.2) is 16.6 Å². The van der Waals surface area contributed by atoms with E-state index in [0.717, 1.165) is 16.2 Å². The highest BCUT2D eigenvalue weighted by Crippen LogP contribution is 2.45. The van der Waals surface area contributed by atoms with E-state index in [0.29, 0.717) is 40.0 Å². The van der Waals surface area contributed by atoms with Crippen LogP contribution in [-0.4, -0.2) is 35.0 Å². The first-order valence-corrected chi connectivity index (χ1v) is 12.1. The maximum atomic E-state index is 15.1. The average molecular weight is 523 g/mol. The normalized spacial score (nSPS) is 18.7. The van der Waals surface area contributed by atoms with Gasteiger partial charge in [-0.25, -0.2) is 9.37 Å². The number of nitrogens with zero attached hydrogens (tertiary/aromatic N) is 2. The number of hydrogen-bond donors (Lipinski definition) is 1. The van der Waals surface area contributed by atoms with Gasteiger partial charge in [0.1, 0.15) is 30.8 Å². The van der Waals surface area contributed by atoms with Crippen LogP contribution in [0.2, 0.25) is 5.02 Å². The minimum atomic E-state index is -1.24. The fourth-order valence-corrected chi connectivity index (χ4v) is 5.62. The molecular weight excluding hydrogens is 507 g/mol. The van der Waals surface area contributed by atoms with Crippen LogP contribution >= 0.6 is 22.9 Å². The predicted molar refractivity (Wildman–Crippen MR) is 133 cm³/mol. The highest BCUT2D eigenvalue weighted by molar-refractivity contribution is 7.22. The molecule has 7 nitrogen and oxygen atoms in total. The topological polar surface area (TPSA) is 89.0 Å². The third-order valence-electron chi connectivity index (χ3n) is 6.01. The van der Waals surface area contributed by atoms with Gasteiger partial charge >= 0.3 is 5.91 Å². The van der Waals surface area contributed by atoms with Crippen molar-refractivity contribution in [3.63, 3.8) is 0 Å². The van der Waals surface area contributed by atoms with Crippen LogP contribution in [0, 0.1) is 5.82 Å². The Morgan fingerprint density at radius 1 is 1.06 bits per heavy atom. The van der Waals surface area contributed by atoms with Crippen LogP contribution in [0.5, 0.6) is 11.5 Å². The van der Waals surface area contributed by atoms with Gasteiger partial charge in [-0.3, -0.25) is 14.5 Å². The van der Waals surface area contributed by atoms with Crippen molar-refractivity contribution in [2.45, 2.75) is 6.04 Å². The van der Waals surface area contributed by atoms with Crippen LogP contribution in [0.15, 0.2) is 66.2 Å². The largest absolute Gasteiger partial charge is 0.507 e. The molecule has 0 bridgehead atoms. The number of anilines is 1. The van der Waals surface area contributed by atoms with Gasteiger partial charge in [-0.1, -0.05) is 41.1 Å². The van der Waals surface area contributed by atoms with Crippen molar-refractivity contribution in [1.29, 1.82) is 0 Å². The number of thiazole rings is 1. The molecule has 0 aliphatic carbocycles. The lowest BCUT2D eigenvalue weighted by atomic mass is 9.95. The van der Waals surface area contributed by atoms with Gasteiger partial charge in [0.25, 0.3) is 5.78 Å². The minimum absolute atomic E-state index is 0.0491. The zero-order valence-electron chi connectivity index (χ0n) is 18.4. The van der Waals surface area contributed by atoms with Gasteiger partial charge in [0.2, 0.25) is 0 Å². The second-order valence-corrected chi connectivity index (χ2v) is 9.60. The summed E-state index contributed by atoms with van der Waals surface area (Å²) in [5.74, 6) is -2.07. The first-order valence-electron chi connectivity index (χ1n) is 10.9. The number of ether oxygens (including phenoxy) is 2. The highest BCUT2D eigenvalue weighted by atomic mass is 35.5. The lowest BCUT2D eigenvalue weighted by Gasteiger charge is -2.23. The number of fused-ring (bicyclic) bond motifs is 2. The highest BCUT2D eigenvalue weighted by Gasteiger charge is 2.49. The van der Waals surface area contributed by atoms with Gasteiger partial charge in [-0.15, -0.1) is 0 Å². The Labute approximate surface area is 213 Å². The van der Waals surface area contributed by atoms with E-state index in [-0.39, 0.29) is 21.8 Å². The first-order chi connectivity index (χ1) is 17.4. The fourth-order valence-electron chi connectivity index (χ4n) is 4.36. The summed E-state index contributed by atoms with van der Waals surface area (Å²) in [6.45, 7) is 0.725. The van der Waals surface area contributed by atoms with E-state index in [4.69, 9.17) is 21.1 Å². The number of aliphatic hydroxyl groups is 1. The average Bonchev–Trinajstić information content (AvgIpc) is 3.41. The molecule has 3 aromatic carbocycles. The van der Waals surface area contributed by atoms with Crippen molar-refractivity contribution in [1.82, 2.24) is 4.98 Å². The van der Waals surface area contributed by atoms with Gasteiger partial charge < -0.3 is 14.6 Å². The maximum Gasteiger partial charge on any atom is 0.301 e. The van der Waals surface area contributed by atoms with E-state index >= 15 is 4.39 Å². The summed E-state index contributed by atoms with van der Waals surface area (Å²) >= 11 is 7.24. The number of benzene rings is 3. The molecule has 0 saturated carbocycles. The summed E-state index contributed by atoms with van der Waals surface area (Å²) in [6.07, 6.45) is 0. The molecule has 1 unspecified atom stereocenters. The molecule has 10 heteroatoms. The van der Waals surface area contributed by atoms with Crippen molar-refractivity contribution in [3.05, 3.63) is 88.2 Å². The molecule has 36 heavy (non-hydrogen) atoms. The van der Waals surface area contributed by atoms with Crippen molar-refractivity contribution in [2.75, 3.05) is 18.1 Å². The SMILES string of the molecule is O=C1C(=O)N(c2nc3ccc(Cl)cc3s2)C(c2ccccc2F)/C1=C(\O)c1ccc2c(c1)OCCO2. The van der Waals surface area contributed by atoms with Crippen molar-refractivity contribution >= 4 is 55.7 Å². The number of rotatable bonds is 3. The number of Topliss-reactive ketones (excluding diaryl/α,β-unsaturated/α-hetero) is 1. The Morgan fingerprint density at radius 3 is 2.64 bits per heavy atom. The van der Waals surface area contributed by atoms with E-state index < -0.39 is 29.3 Å². The molecule has 1 N–H and O–H groups in total. The first kappa shape index (κ1) is 22.5. The lowest BCUT2D eigenvalue weighted by Crippen LogP contribution is -2.29. The molecule has 2 aliphatic rings. The summed E-state index contributed by atoms with van der Waals surface area (Å²) in [6, 6.07) is 14.3. The summed E-state index contributed by atoms with van der Waals surface area (Å²) in [4.78, 5) is 32.3. The molecule has 180 valence electrons. The molecular formula is C26H16ClFN2O5S. The monoisotopic (exact) mass is 522 g/mol. The van der Waals surface area contributed by atoms with Crippen LogP contribution in [0.25, 0.3) is 16.0 Å². The summed E-state index contributed by atoms with van der Waals surface area (Å²) in [5, 5.41) is 12.0. The van der Waals surface area contributed by atoms with Crippen LogP contribution < -0.4 is 14.4 Å². The number of aromatic nitrogens is 1. The zero-order valence-corrected chi connectivity index (χ0v) is 20.0. The van der Waals surface area contributed by atoms with Crippen LogP contribution in [0.4, 0.5) is 9.52 Å². The molecule has 4 aromatic rings. The van der Waals surface area contributed by atoms with Crippen molar-refractivity contribution < 1.29 is 28.6 Å². The molecule has 1 fully saturated rings. The van der Waals surface area contributed by atoms with Crippen LogP contribution in [0.3, 0.4) is 0 Å². The van der Waals surface area contributed by atoms with Crippen LogP contribution in [0.1, 0.15) is 17.2 Å². The number of hydrogen-bond acceptors (Lipinski definition) is 7. The number of amides is 1. The Bertz CT molecular complexity index is 1600. The van der Waals surface area contributed by atoms with Crippen molar-refractivity contribution in [2.24, 2.45) is 0 Å². The molecule has 2 aliphatic heterocycles. The molecule has 1 aromatic heterocycles. The summed E-state index contributed by atoms with van der Waals surface area (Å²) in [7, 11) is 0. The molecule has 1 saturated heterocycles. The number of ketones is 1. The molecule has 0 radical (unpaired) electrons. The molecule has 1 atom stereocenters. The van der Waals surface area contributed by atoms with Gasteiger partial charge in [-0.05, 0) is 42.5 Å². The standard InChI is InChI=1S/C26H16ClFN2O5S/c27-14-6-7-17-20(12-14)36-26(29-17)30-22(15-3-1-2-4-16(15)28)21(24(32)25(30)33)23(31)13-5-8-18-19(11-13)35-10-9-34-18/h1-8,11-12,22,31H,9-10H2/b23-21+. The van der Waals surface area contributed by atoms with Gasteiger partial charge in [0, 0.05) is 16.1 Å².